The van der Waals surface area contributed by atoms with Crippen molar-refractivity contribution in [1.82, 2.24) is 10.2 Å². The maximum atomic E-state index is 13.8. The van der Waals surface area contributed by atoms with E-state index in [-0.39, 0.29) is 37.1 Å². The molecular weight excluding hydrogens is 375 g/mol. The maximum absolute atomic E-state index is 13.8. The molecule has 2 heterocycles. The number of ether oxygens (including phenoxy) is 1. The molecule has 27 heavy (non-hydrogen) atoms. The summed E-state index contributed by atoms with van der Waals surface area (Å²) < 4.78 is 19.1. The van der Waals surface area contributed by atoms with Gasteiger partial charge in [-0.05, 0) is 25.0 Å². The normalized spacial score (nSPS) is 28.5. The molecule has 0 radical (unpaired) electrons. The molecule has 3 rings (SSSR count). The van der Waals surface area contributed by atoms with Gasteiger partial charge in [0.2, 0.25) is 11.8 Å². The van der Waals surface area contributed by atoms with Gasteiger partial charge in [-0.15, -0.1) is 11.8 Å². The number of carbonyl (C=O) groups is 3. The zero-order valence-electron chi connectivity index (χ0n) is 14.8. The Morgan fingerprint density at radius 3 is 2.78 bits per heavy atom. The van der Waals surface area contributed by atoms with Crippen molar-refractivity contribution in [3.8, 4) is 0 Å². The minimum Gasteiger partial charge on any atom is -0.479 e. The Labute approximate surface area is 160 Å². The quantitative estimate of drug-likeness (QED) is 0.777. The molecule has 2 aliphatic heterocycles. The standard InChI is InChI=1S/C18H21FN2O5S/c1-10-7-21(8-14(26-10)18(24)25)17(23)13-9-27-15(16(22)20-13)6-11-4-2-3-5-12(11)19/h2-5,10,13-15H,6-9H2,1H3,(H,20,22)(H,24,25)/t10-,13?,14?,15?/m1/s1. The highest BCUT2D eigenvalue weighted by molar-refractivity contribution is 8.00. The summed E-state index contributed by atoms with van der Waals surface area (Å²) in [4.78, 5) is 37.7. The number of hydrogen-bond donors (Lipinski definition) is 2. The van der Waals surface area contributed by atoms with Crippen molar-refractivity contribution in [2.45, 2.75) is 36.8 Å². The van der Waals surface area contributed by atoms with Crippen LogP contribution in [0.3, 0.4) is 0 Å². The van der Waals surface area contributed by atoms with E-state index in [0.29, 0.717) is 11.3 Å². The molecule has 4 atom stereocenters. The zero-order chi connectivity index (χ0) is 19.6. The van der Waals surface area contributed by atoms with Crippen LogP contribution in [0.5, 0.6) is 0 Å². The van der Waals surface area contributed by atoms with Crippen molar-refractivity contribution in [2.75, 3.05) is 18.8 Å². The number of rotatable bonds is 4. The van der Waals surface area contributed by atoms with Crippen LogP contribution in [0.15, 0.2) is 24.3 Å². The monoisotopic (exact) mass is 396 g/mol. The second kappa shape index (κ2) is 8.26. The lowest BCUT2D eigenvalue weighted by Crippen LogP contribution is -2.60. The lowest BCUT2D eigenvalue weighted by molar-refractivity contribution is -0.167. The van der Waals surface area contributed by atoms with E-state index in [1.54, 1.807) is 25.1 Å². The average Bonchev–Trinajstić information content (AvgIpc) is 2.64. The van der Waals surface area contributed by atoms with E-state index >= 15 is 0 Å². The van der Waals surface area contributed by atoms with Crippen molar-refractivity contribution in [3.05, 3.63) is 35.6 Å². The number of carboxylic acids is 1. The van der Waals surface area contributed by atoms with Gasteiger partial charge < -0.3 is 20.1 Å². The third-order valence-electron chi connectivity index (χ3n) is 4.58. The van der Waals surface area contributed by atoms with E-state index in [0.717, 1.165) is 0 Å². The first-order valence-electron chi connectivity index (χ1n) is 8.67. The topological polar surface area (TPSA) is 95.9 Å². The van der Waals surface area contributed by atoms with Crippen LogP contribution in [0, 0.1) is 5.82 Å². The number of carboxylic acid groups (broad SMARTS) is 1. The van der Waals surface area contributed by atoms with E-state index < -0.39 is 29.5 Å². The molecule has 146 valence electrons. The molecule has 1 aromatic carbocycles. The minimum atomic E-state index is -1.12. The Morgan fingerprint density at radius 1 is 1.37 bits per heavy atom. The number of carbonyl (C=O) groups excluding carboxylic acids is 2. The molecule has 0 bridgehead atoms. The zero-order valence-corrected chi connectivity index (χ0v) is 15.6. The molecule has 0 aliphatic carbocycles. The number of aliphatic carboxylic acids is 1. The molecule has 0 saturated carbocycles. The number of nitrogens with zero attached hydrogens (tertiary/aromatic N) is 1. The van der Waals surface area contributed by atoms with Crippen molar-refractivity contribution < 1.29 is 28.6 Å². The lowest BCUT2D eigenvalue weighted by atomic mass is 10.1. The minimum absolute atomic E-state index is 0.0474. The lowest BCUT2D eigenvalue weighted by Gasteiger charge is -2.38. The second-order valence-electron chi connectivity index (χ2n) is 6.70. The van der Waals surface area contributed by atoms with Crippen molar-refractivity contribution >= 4 is 29.5 Å². The molecule has 2 N–H and O–H groups in total. The van der Waals surface area contributed by atoms with E-state index in [2.05, 4.69) is 5.32 Å². The van der Waals surface area contributed by atoms with Gasteiger partial charge in [0.1, 0.15) is 11.9 Å². The van der Waals surface area contributed by atoms with Gasteiger partial charge in [0.25, 0.3) is 0 Å². The summed E-state index contributed by atoms with van der Waals surface area (Å²) >= 11 is 1.31. The van der Waals surface area contributed by atoms with Crippen LogP contribution in [0.2, 0.25) is 0 Å². The number of hydrogen-bond acceptors (Lipinski definition) is 5. The summed E-state index contributed by atoms with van der Waals surface area (Å²) in [5.41, 5.74) is 0.459. The van der Waals surface area contributed by atoms with Crippen LogP contribution in [0.25, 0.3) is 0 Å². The van der Waals surface area contributed by atoms with Gasteiger partial charge in [-0.1, -0.05) is 18.2 Å². The molecule has 2 fully saturated rings. The van der Waals surface area contributed by atoms with E-state index in [9.17, 15) is 18.8 Å². The Balaban J connectivity index is 1.60. The summed E-state index contributed by atoms with van der Waals surface area (Å²) in [5.74, 6) is -1.75. The predicted molar refractivity (Wildman–Crippen MR) is 96.8 cm³/mol. The first-order valence-corrected chi connectivity index (χ1v) is 9.72. The predicted octanol–water partition coefficient (Wildman–Crippen LogP) is 0.669. The largest absolute Gasteiger partial charge is 0.479 e. The Bertz CT molecular complexity index is 746. The Kier molecular flexibility index (Phi) is 6.01. The molecule has 2 saturated heterocycles. The Morgan fingerprint density at radius 2 is 2.11 bits per heavy atom. The van der Waals surface area contributed by atoms with Crippen LogP contribution in [-0.4, -0.2) is 70.1 Å². The molecular formula is C18H21FN2O5S. The van der Waals surface area contributed by atoms with Gasteiger partial charge in [-0.2, -0.15) is 0 Å². The molecule has 3 unspecified atom stereocenters. The van der Waals surface area contributed by atoms with Crippen LogP contribution >= 0.6 is 11.8 Å². The van der Waals surface area contributed by atoms with Crippen LogP contribution < -0.4 is 5.32 Å². The molecule has 0 spiro atoms. The first kappa shape index (κ1) is 19.6. The molecule has 2 aliphatic rings. The van der Waals surface area contributed by atoms with Gasteiger partial charge in [0, 0.05) is 12.3 Å². The molecule has 1 aromatic rings. The van der Waals surface area contributed by atoms with Gasteiger partial charge in [0.15, 0.2) is 6.10 Å². The van der Waals surface area contributed by atoms with Gasteiger partial charge in [0.05, 0.1) is 17.9 Å². The van der Waals surface area contributed by atoms with Gasteiger partial charge in [-0.3, -0.25) is 9.59 Å². The van der Waals surface area contributed by atoms with E-state index in [1.807, 2.05) is 0 Å². The molecule has 9 heteroatoms. The van der Waals surface area contributed by atoms with Gasteiger partial charge >= 0.3 is 5.97 Å². The van der Waals surface area contributed by atoms with Crippen molar-refractivity contribution in [3.63, 3.8) is 0 Å². The highest BCUT2D eigenvalue weighted by Gasteiger charge is 2.38. The number of halogens is 1. The average molecular weight is 396 g/mol. The van der Waals surface area contributed by atoms with Crippen molar-refractivity contribution in [1.29, 1.82) is 0 Å². The summed E-state index contributed by atoms with van der Waals surface area (Å²) in [5, 5.41) is 11.4. The number of amides is 2. The molecule has 7 nitrogen and oxygen atoms in total. The third kappa shape index (κ3) is 4.59. The number of nitrogens with one attached hydrogen (secondary N) is 1. The molecule has 0 aromatic heterocycles. The van der Waals surface area contributed by atoms with Crippen LogP contribution in [-0.2, 0) is 25.5 Å². The summed E-state index contributed by atoms with van der Waals surface area (Å²) in [6.45, 7) is 1.93. The van der Waals surface area contributed by atoms with E-state index in [1.165, 1.54) is 22.7 Å². The summed E-state index contributed by atoms with van der Waals surface area (Å²) in [6, 6.07) is 5.58. The van der Waals surface area contributed by atoms with Gasteiger partial charge in [-0.25, -0.2) is 9.18 Å². The molecule has 2 amide bonds. The number of thioether (sulfide) groups is 1. The number of morpholine rings is 1. The SMILES string of the molecule is C[C@@H]1CN(C(=O)C2CSC(Cc3ccccc3F)C(=O)N2)CC(C(=O)O)O1. The fourth-order valence-electron chi connectivity index (χ4n) is 3.23. The maximum Gasteiger partial charge on any atom is 0.334 e. The van der Waals surface area contributed by atoms with Crippen LogP contribution in [0.1, 0.15) is 12.5 Å². The Hall–Kier alpha value is -2.13. The smallest absolute Gasteiger partial charge is 0.334 e. The van der Waals surface area contributed by atoms with E-state index in [4.69, 9.17) is 9.84 Å². The first-order chi connectivity index (χ1) is 12.8. The van der Waals surface area contributed by atoms with Crippen molar-refractivity contribution in [2.24, 2.45) is 0 Å². The highest BCUT2D eigenvalue weighted by Crippen LogP contribution is 2.24. The fourth-order valence-corrected chi connectivity index (χ4v) is 4.40. The highest BCUT2D eigenvalue weighted by atomic mass is 32.2. The second-order valence-corrected chi connectivity index (χ2v) is 7.93. The summed E-state index contributed by atoms with van der Waals surface area (Å²) in [7, 11) is 0. The fraction of sp³-hybridized carbons (Fsp3) is 0.500. The summed E-state index contributed by atoms with van der Waals surface area (Å²) in [6.07, 6.45) is -1.22. The third-order valence-corrected chi connectivity index (χ3v) is 5.89. The van der Waals surface area contributed by atoms with Crippen LogP contribution in [0.4, 0.5) is 4.39 Å². The number of benzene rings is 1.